The van der Waals surface area contributed by atoms with Crippen molar-refractivity contribution in [2.24, 2.45) is 0 Å². The van der Waals surface area contributed by atoms with Crippen LogP contribution in [0.25, 0.3) is 39.0 Å². The van der Waals surface area contributed by atoms with Crippen molar-refractivity contribution in [3.8, 4) is 0 Å². The summed E-state index contributed by atoms with van der Waals surface area (Å²) in [4.78, 5) is 1.41. The molecule has 0 N–H and O–H groups in total. The molecule has 1 aromatic carbocycles. The van der Waals surface area contributed by atoms with Crippen LogP contribution in [-0.2, 0) is 0 Å². The van der Waals surface area contributed by atoms with Crippen LogP contribution in [-0.4, -0.2) is 0 Å². The first-order valence-corrected chi connectivity index (χ1v) is 9.35. The molecule has 0 saturated carbocycles. The zero-order chi connectivity index (χ0) is 12.6. The normalized spacial score (nSPS) is 12.5. The van der Waals surface area contributed by atoms with Crippen molar-refractivity contribution in [2.45, 2.75) is 6.92 Å². The molecule has 92 valence electrons. The molecule has 0 aliphatic carbocycles. The Morgan fingerprint density at radius 1 is 0.737 bits per heavy atom. The van der Waals surface area contributed by atoms with Crippen molar-refractivity contribution in [3.63, 3.8) is 0 Å². The predicted molar refractivity (Wildman–Crippen MR) is 92.7 cm³/mol. The van der Waals surface area contributed by atoms with Crippen LogP contribution < -0.4 is 0 Å². The van der Waals surface area contributed by atoms with Crippen LogP contribution in [0.4, 0.5) is 0 Å². The van der Waals surface area contributed by atoms with E-state index in [0.29, 0.717) is 0 Å². The lowest BCUT2D eigenvalue weighted by Gasteiger charge is -1.92. The average Bonchev–Trinajstić information content (AvgIpc) is 3.05. The fraction of sp³-hybridized carbons (Fsp3) is 0.0667. The molecule has 5 aromatic rings. The highest BCUT2D eigenvalue weighted by molar-refractivity contribution is 7.38. The standard InChI is InChI=1S/C15H8S4/c1-7-6-11-13(17-7)9-3-2-8-12-10(4-5-16-12)18-14(8)15(9)19-11/h2-6H,1H3. The van der Waals surface area contributed by atoms with Gasteiger partial charge >= 0.3 is 0 Å². The van der Waals surface area contributed by atoms with Gasteiger partial charge in [0.25, 0.3) is 0 Å². The summed E-state index contributed by atoms with van der Waals surface area (Å²) < 4.78 is 8.76. The quantitative estimate of drug-likeness (QED) is 0.293. The predicted octanol–water partition coefficient (Wildman–Crippen LogP) is 6.85. The van der Waals surface area contributed by atoms with Gasteiger partial charge in [-0.05, 0) is 24.4 Å². The Hall–Kier alpha value is -0.940. The van der Waals surface area contributed by atoms with Crippen LogP contribution in [0.5, 0.6) is 0 Å². The van der Waals surface area contributed by atoms with Gasteiger partial charge < -0.3 is 0 Å². The maximum atomic E-state index is 2.33. The van der Waals surface area contributed by atoms with Crippen molar-refractivity contribution in [1.29, 1.82) is 0 Å². The summed E-state index contributed by atoms with van der Waals surface area (Å²) in [6.45, 7) is 2.20. The van der Waals surface area contributed by atoms with Gasteiger partial charge in [0.05, 0.1) is 18.8 Å². The smallest absolute Gasteiger partial charge is 0.0542 e. The van der Waals surface area contributed by atoms with Crippen molar-refractivity contribution in [2.75, 3.05) is 0 Å². The highest BCUT2D eigenvalue weighted by atomic mass is 32.1. The largest absolute Gasteiger partial charge is 0.142 e. The minimum Gasteiger partial charge on any atom is -0.142 e. The van der Waals surface area contributed by atoms with E-state index in [-0.39, 0.29) is 0 Å². The van der Waals surface area contributed by atoms with E-state index < -0.39 is 0 Å². The number of aryl methyl sites for hydroxylation is 1. The maximum Gasteiger partial charge on any atom is 0.0542 e. The molecule has 0 aliphatic heterocycles. The third-order valence-electron chi connectivity index (χ3n) is 3.48. The Labute approximate surface area is 125 Å². The summed E-state index contributed by atoms with van der Waals surface area (Å²) in [5.41, 5.74) is 0. The fourth-order valence-corrected chi connectivity index (χ4v) is 7.67. The molecule has 4 aromatic heterocycles. The molecule has 0 spiro atoms. The van der Waals surface area contributed by atoms with Crippen LogP contribution in [0.1, 0.15) is 4.88 Å². The van der Waals surface area contributed by atoms with Gasteiger partial charge in [-0.1, -0.05) is 12.1 Å². The van der Waals surface area contributed by atoms with Gasteiger partial charge in [-0.15, -0.1) is 45.3 Å². The van der Waals surface area contributed by atoms with Gasteiger partial charge in [-0.3, -0.25) is 0 Å². The fourth-order valence-electron chi connectivity index (χ4n) is 2.67. The highest BCUT2D eigenvalue weighted by Gasteiger charge is 2.14. The van der Waals surface area contributed by atoms with Gasteiger partial charge in [0, 0.05) is 25.0 Å². The Morgan fingerprint density at radius 3 is 2.32 bits per heavy atom. The van der Waals surface area contributed by atoms with Crippen LogP contribution in [0.15, 0.2) is 29.6 Å². The molecule has 4 heterocycles. The highest BCUT2D eigenvalue weighted by Crippen LogP contribution is 2.47. The summed E-state index contributed by atoms with van der Waals surface area (Å²) >= 11 is 7.69. The number of rotatable bonds is 0. The summed E-state index contributed by atoms with van der Waals surface area (Å²) in [6, 6.07) is 9.20. The molecular formula is C15H8S4. The van der Waals surface area contributed by atoms with Crippen molar-refractivity contribution < 1.29 is 0 Å². The number of hydrogen-bond acceptors (Lipinski definition) is 4. The van der Waals surface area contributed by atoms with Gasteiger partial charge in [-0.2, -0.15) is 0 Å². The van der Waals surface area contributed by atoms with E-state index in [0.717, 1.165) is 0 Å². The second-order valence-electron chi connectivity index (χ2n) is 4.69. The topological polar surface area (TPSA) is 0 Å². The van der Waals surface area contributed by atoms with Crippen molar-refractivity contribution in [1.82, 2.24) is 0 Å². The molecule has 0 amide bonds. The van der Waals surface area contributed by atoms with Gasteiger partial charge in [0.2, 0.25) is 0 Å². The molecule has 0 radical (unpaired) electrons. The second-order valence-corrected chi connectivity index (χ2v) is 8.96. The average molecular weight is 316 g/mol. The minimum absolute atomic E-state index is 1.41. The molecule has 5 rings (SSSR count). The van der Waals surface area contributed by atoms with E-state index in [1.54, 1.807) is 0 Å². The summed E-state index contributed by atoms with van der Waals surface area (Å²) in [6.07, 6.45) is 0. The lowest BCUT2D eigenvalue weighted by Crippen LogP contribution is -1.64. The van der Waals surface area contributed by atoms with E-state index in [4.69, 9.17) is 0 Å². The number of fused-ring (bicyclic) bond motifs is 7. The first-order valence-electron chi connectivity index (χ1n) is 6.02. The Balaban J connectivity index is 2.08. The van der Waals surface area contributed by atoms with Gasteiger partial charge in [-0.25, -0.2) is 0 Å². The van der Waals surface area contributed by atoms with Crippen LogP contribution in [0.3, 0.4) is 0 Å². The van der Waals surface area contributed by atoms with Crippen molar-refractivity contribution in [3.05, 3.63) is 34.5 Å². The van der Waals surface area contributed by atoms with E-state index >= 15 is 0 Å². The zero-order valence-electron chi connectivity index (χ0n) is 10.0. The van der Waals surface area contributed by atoms with Crippen LogP contribution in [0, 0.1) is 6.92 Å². The lowest BCUT2D eigenvalue weighted by molar-refractivity contribution is 1.66. The molecule has 0 nitrogen and oxygen atoms in total. The molecule has 4 heteroatoms. The lowest BCUT2D eigenvalue weighted by atomic mass is 10.2. The SMILES string of the molecule is Cc1cc2sc3c(ccc4c5sccc5sc43)c2s1. The molecule has 0 atom stereocenters. The molecule has 0 bridgehead atoms. The summed E-state index contributed by atoms with van der Waals surface area (Å²) in [5.74, 6) is 0. The second kappa shape index (κ2) is 3.58. The Bertz CT molecular complexity index is 1070. The maximum absolute atomic E-state index is 2.33. The van der Waals surface area contributed by atoms with E-state index in [1.807, 2.05) is 45.3 Å². The van der Waals surface area contributed by atoms with E-state index in [9.17, 15) is 0 Å². The number of hydrogen-bond donors (Lipinski definition) is 0. The summed E-state index contributed by atoms with van der Waals surface area (Å²) in [7, 11) is 0. The minimum atomic E-state index is 1.41. The molecule has 0 aliphatic rings. The third-order valence-corrected chi connectivity index (χ3v) is 8.25. The number of thiophene rings is 4. The number of benzene rings is 1. The molecule has 0 fully saturated rings. The Kier molecular flexibility index (Phi) is 2.03. The zero-order valence-corrected chi connectivity index (χ0v) is 13.3. The first-order chi connectivity index (χ1) is 9.31. The Morgan fingerprint density at radius 2 is 1.47 bits per heavy atom. The molecule has 19 heavy (non-hydrogen) atoms. The summed E-state index contributed by atoms with van der Waals surface area (Å²) in [5, 5.41) is 5.08. The van der Waals surface area contributed by atoms with Crippen LogP contribution in [0.2, 0.25) is 0 Å². The monoisotopic (exact) mass is 316 g/mol. The third kappa shape index (κ3) is 1.32. The molecular weight excluding hydrogens is 308 g/mol. The van der Waals surface area contributed by atoms with Crippen LogP contribution >= 0.6 is 45.3 Å². The molecule has 0 saturated heterocycles. The van der Waals surface area contributed by atoms with Crippen molar-refractivity contribution >= 4 is 84.3 Å². The van der Waals surface area contributed by atoms with Gasteiger partial charge in [0.15, 0.2) is 0 Å². The van der Waals surface area contributed by atoms with E-state index in [1.165, 1.54) is 43.8 Å². The first kappa shape index (κ1) is 10.8. The van der Waals surface area contributed by atoms with E-state index in [2.05, 4.69) is 36.6 Å². The van der Waals surface area contributed by atoms with Gasteiger partial charge in [0.1, 0.15) is 0 Å². The molecule has 0 unspecified atom stereocenters.